The minimum Gasteiger partial charge on any atom is -0.376 e. The van der Waals surface area contributed by atoms with E-state index in [0.717, 1.165) is 44.1 Å². The van der Waals surface area contributed by atoms with Crippen LogP contribution in [-0.4, -0.2) is 61.3 Å². The standard InChI is InChI=1S/C14H23N5O/c1-4-5-14(20)19-8-6-18(7-9-19)13-10-12(17(2)3)11-15-16-13/h10-11H,4-9H2,1-3H3. The second-order valence-corrected chi connectivity index (χ2v) is 5.28. The van der Waals surface area contributed by atoms with Crippen LogP contribution in [0.3, 0.4) is 0 Å². The van der Waals surface area contributed by atoms with E-state index in [-0.39, 0.29) is 5.91 Å². The summed E-state index contributed by atoms with van der Waals surface area (Å²) in [5, 5.41) is 8.25. The molecule has 0 aliphatic carbocycles. The van der Waals surface area contributed by atoms with E-state index < -0.39 is 0 Å². The zero-order chi connectivity index (χ0) is 14.5. The summed E-state index contributed by atoms with van der Waals surface area (Å²) in [6.45, 7) is 5.22. The third-order valence-electron chi connectivity index (χ3n) is 3.56. The van der Waals surface area contributed by atoms with Crippen LogP contribution in [0.15, 0.2) is 12.3 Å². The van der Waals surface area contributed by atoms with Crippen LogP contribution in [0.1, 0.15) is 19.8 Å². The van der Waals surface area contributed by atoms with Crippen LogP contribution < -0.4 is 9.80 Å². The zero-order valence-electron chi connectivity index (χ0n) is 12.5. The summed E-state index contributed by atoms with van der Waals surface area (Å²) in [4.78, 5) is 18.0. The van der Waals surface area contributed by atoms with E-state index in [1.54, 1.807) is 6.20 Å². The van der Waals surface area contributed by atoms with Crippen molar-refractivity contribution in [1.82, 2.24) is 15.1 Å². The highest BCUT2D eigenvalue weighted by Crippen LogP contribution is 2.18. The van der Waals surface area contributed by atoms with Crippen molar-refractivity contribution in [3.8, 4) is 0 Å². The van der Waals surface area contributed by atoms with Crippen molar-refractivity contribution in [3.63, 3.8) is 0 Å². The van der Waals surface area contributed by atoms with Crippen molar-refractivity contribution in [3.05, 3.63) is 12.3 Å². The quantitative estimate of drug-likeness (QED) is 0.821. The molecule has 1 aliphatic rings. The lowest BCUT2D eigenvalue weighted by Gasteiger charge is -2.35. The monoisotopic (exact) mass is 277 g/mol. The van der Waals surface area contributed by atoms with Gasteiger partial charge in [0.05, 0.1) is 11.9 Å². The number of amides is 1. The van der Waals surface area contributed by atoms with E-state index in [1.165, 1.54) is 0 Å². The Balaban J connectivity index is 1.97. The molecule has 1 saturated heterocycles. The smallest absolute Gasteiger partial charge is 0.222 e. The molecule has 0 N–H and O–H groups in total. The Morgan fingerprint density at radius 2 is 2.00 bits per heavy atom. The normalized spacial score (nSPS) is 15.3. The van der Waals surface area contributed by atoms with E-state index in [0.29, 0.717) is 6.42 Å². The SMILES string of the molecule is CCCC(=O)N1CCN(c2cc(N(C)C)cnn2)CC1. The Labute approximate surface area is 120 Å². The highest BCUT2D eigenvalue weighted by molar-refractivity contribution is 5.76. The minimum absolute atomic E-state index is 0.264. The first-order chi connectivity index (χ1) is 9.61. The van der Waals surface area contributed by atoms with Gasteiger partial charge in [-0.2, -0.15) is 5.10 Å². The van der Waals surface area contributed by atoms with Crippen LogP contribution in [0.4, 0.5) is 11.5 Å². The average Bonchev–Trinajstić information content (AvgIpc) is 2.48. The molecule has 1 aliphatic heterocycles. The molecule has 1 fully saturated rings. The van der Waals surface area contributed by atoms with Crippen LogP contribution in [0.25, 0.3) is 0 Å². The van der Waals surface area contributed by atoms with Gasteiger partial charge in [-0.05, 0) is 6.42 Å². The molecule has 1 aromatic rings. The topological polar surface area (TPSA) is 52.6 Å². The first kappa shape index (κ1) is 14.6. The number of carbonyl (C=O) groups excluding carboxylic acids is 1. The van der Waals surface area contributed by atoms with Gasteiger partial charge in [-0.25, -0.2) is 0 Å². The molecule has 6 nitrogen and oxygen atoms in total. The number of nitrogens with zero attached hydrogens (tertiary/aromatic N) is 5. The molecule has 1 amide bonds. The van der Waals surface area contributed by atoms with E-state index >= 15 is 0 Å². The van der Waals surface area contributed by atoms with Crippen molar-refractivity contribution in [2.45, 2.75) is 19.8 Å². The summed E-state index contributed by atoms with van der Waals surface area (Å²) in [5.41, 5.74) is 1.04. The van der Waals surface area contributed by atoms with Crippen LogP contribution in [0, 0.1) is 0 Å². The van der Waals surface area contributed by atoms with Gasteiger partial charge in [0, 0.05) is 52.8 Å². The first-order valence-electron chi connectivity index (χ1n) is 7.14. The van der Waals surface area contributed by atoms with Crippen molar-refractivity contribution in [1.29, 1.82) is 0 Å². The molecule has 0 aromatic carbocycles. The minimum atomic E-state index is 0.264. The molecule has 20 heavy (non-hydrogen) atoms. The Morgan fingerprint density at radius 1 is 1.30 bits per heavy atom. The fourth-order valence-electron chi connectivity index (χ4n) is 2.30. The Hall–Kier alpha value is -1.85. The van der Waals surface area contributed by atoms with Gasteiger partial charge in [0.2, 0.25) is 5.91 Å². The lowest BCUT2D eigenvalue weighted by molar-refractivity contribution is -0.131. The van der Waals surface area contributed by atoms with E-state index in [2.05, 4.69) is 15.1 Å². The molecule has 0 bridgehead atoms. The van der Waals surface area contributed by atoms with Crippen LogP contribution in [0.5, 0.6) is 0 Å². The third kappa shape index (κ3) is 3.37. The van der Waals surface area contributed by atoms with Gasteiger partial charge in [-0.3, -0.25) is 4.79 Å². The summed E-state index contributed by atoms with van der Waals surface area (Å²) in [6, 6.07) is 2.04. The number of anilines is 2. The molecule has 2 heterocycles. The predicted octanol–water partition coefficient (Wildman–Crippen LogP) is 0.991. The maximum atomic E-state index is 11.9. The summed E-state index contributed by atoms with van der Waals surface area (Å²) >= 11 is 0. The van der Waals surface area contributed by atoms with Gasteiger partial charge in [0.15, 0.2) is 5.82 Å². The van der Waals surface area contributed by atoms with Crippen LogP contribution >= 0.6 is 0 Å². The molecule has 110 valence electrons. The van der Waals surface area contributed by atoms with Crippen molar-refractivity contribution >= 4 is 17.4 Å². The largest absolute Gasteiger partial charge is 0.376 e. The predicted molar refractivity (Wildman–Crippen MR) is 80.1 cm³/mol. The van der Waals surface area contributed by atoms with Gasteiger partial charge in [-0.15, -0.1) is 5.10 Å². The molecule has 0 unspecified atom stereocenters. The van der Waals surface area contributed by atoms with Gasteiger partial charge in [-0.1, -0.05) is 6.92 Å². The Kier molecular flexibility index (Phi) is 4.76. The molecule has 0 saturated carbocycles. The molecule has 1 aromatic heterocycles. The summed E-state index contributed by atoms with van der Waals surface area (Å²) < 4.78 is 0. The number of hydrogen-bond acceptors (Lipinski definition) is 5. The van der Waals surface area contributed by atoms with Gasteiger partial charge < -0.3 is 14.7 Å². The molecule has 6 heteroatoms. The van der Waals surface area contributed by atoms with Crippen LogP contribution in [-0.2, 0) is 4.79 Å². The van der Waals surface area contributed by atoms with E-state index in [9.17, 15) is 4.79 Å². The molecule has 0 spiro atoms. The molecular formula is C14H23N5O. The first-order valence-corrected chi connectivity index (χ1v) is 7.14. The second-order valence-electron chi connectivity index (χ2n) is 5.28. The third-order valence-corrected chi connectivity index (χ3v) is 3.56. The van der Waals surface area contributed by atoms with Gasteiger partial charge in [0.1, 0.15) is 0 Å². The van der Waals surface area contributed by atoms with Gasteiger partial charge in [0.25, 0.3) is 0 Å². The number of rotatable bonds is 4. The Morgan fingerprint density at radius 3 is 2.60 bits per heavy atom. The van der Waals surface area contributed by atoms with E-state index in [1.807, 2.05) is 36.9 Å². The summed E-state index contributed by atoms with van der Waals surface area (Å²) in [7, 11) is 3.98. The lowest BCUT2D eigenvalue weighted by atomic mass is 10.2. The molecule has 0 radical (unpaired) electrons. The molecular weight excluding hydrogens is 254 g/mol. The maximum Gasteiger partial charge on any atom is 0.222 e. The molecule has 2 rings (SSSR count). The van der Waals surface area contributed by atoms with Crippen molar-refractivity contribution in [2.24, 2.45) is 0 Å². The van der Waals surface area contributed by atoms with Gasteiger partial charge >= 0.3 is 0 Å². The average molecular weight is 277 g/mol. The summed E-state index contributed by atoms with van der Waals surface area (Å²) in [6.07, 6.45) is 3.32. The fraction of sp³-hybridized carbons (Fsp3) is 0.643. The summed E-state index contributed by atoms with van der Waals surface area (Å²) in [5.74, 6) is 1.15. The fourth-order valence-corrected chi connectivity index (χ4v) is 2.30. The highest BCUT2D eigenvalue weighted by atomic mass is 16.2. The number of aromatic nitrogens is 2. The van der Waals surface area contributed by atoms with E-state index in [4.69, 9.17) is 0 Å². The van der Waals surface area contributed by atoms with Crippen molar-refractivity contribution in [2.75, 3.05) is 50.1 Å². The zero-order valence-corrected chi connectivity index (χ0v) is 12.5. The Bertz CT molecular complexity index is 455. The van der Waals surface area contributed by atoms with Crippen LogP contribution in [0.2, 0.25) is 0 Å². The van der Waals surface area contributed by atoms with Crippen molar-refractivity contribution < 1.29 is 4.79 Å². The lowest BCUT2D eigenvalue weighted by Crippen LogP contribution is -2.49. The maximum absolute atomic E-state index is 11.9. The number of piperazine rings is 1. The number of hydrogen-bond donors (Lipinski definition) is 0. The number of carbonyl (C=O) groups is 1. The second kappa shape index (κ2) is 6.54. The molecule has 0 atom stereocenters. The highest BCUT2D eigenvalue weighted by Gasteiger charge is 2.21.